The minimum absolute atomic E-state index is 0.164. The third-order valence-corrected chi connectivity index (χ3v) is 3.29. The average Bonchev–Trinajstić information content (AvgIpc) is 2.14. The van der Waals surface area contributed by atoms with Gasteiger partial charge in [0.25, 0.3) is 0 Å². The van der Waals surface area contributed by atoms with Crippen molar-refractivity contribution >= 4 is 15.7 Å². The van der Waals surface area contributed by atoms with E-state index < -0.39 is 10.0 Å². The number of hydrogen-bond acceptors (Lipinski definition) is 3. The van der Waals surface area contributed by atoms with Crippen LogP contribution in [0.5, 0.6) is 0 Å². The molecule has 1 aromatic rings. The molecular weight excluding hydrogens is 212 g/mol. The monoisotopic (exact) mass is 228 g/mol. The molecule has 0 aromatic carbocycles. The van der Waals surface area contributed by atoms with Crippen molar-refractivity contribution in [1.82, 2.24) is 4.98 Å². The van der Waals surface area contributed by atoms with Crippen LogP contribution < -0.4 is 4.72 Å². The van der Waals surface area contributed by atoms with Gasteiger partial charge in [0.1, 0.15) is 0 Å². The minimum Gasteiger partial charge on any atom is -0.282 e. The molecule has 1 rings (SSSR count). The van der Waals surface area contributed by atoms with Crippen molar-refractivity contribution in [2.45, 2.75) is 26.7 Å². The van der Waals surface area contributed by atoms with Crippen LogP contribution in [0.4, 0.5) is 5.69 Å². The Hall–Kier alpha value is -1.10. The molecule has 0 spiro atoms. The number of hydrogen-bond donors (Lipinski definition) is 1. The Labute approximate surface area is 90.8 Å². The van der Waals surface area contributed by atoms with Crippen LogP contribution in [-0.2, 0) is 10.0 Å². The van der Waals surface area contributed by atoms with Gasteiger partial charge in [0, 0.05) is 6.20 Å². The summed E-state index contributed by atoms with van der Waals surface area (Å²) >= 11 is 0. The van der Waals surface area contributed by atoms with Gasteiger partial charge < -0.3 is 0 Å². The maximum Gasteiger partial charge on any atom is 0.232 e. The second kappa shape index (κ2) is 5.11. The van der Waals surface area contributed by atoms with E-state index in [0.717, 1.165) is 12.0 Å². The third-order valence-electron chi connectivity index (χ3n) is 1.91. The maximum atomic E-state index is 11.5. The lowest BCUT2D eigenvalue weighted by molar-refractivity contribution is 0.598. The van der Waals surface area contributed by atoms with E-state index in [1.807, 2.05) is 13.8 Å². The Morgan fingerprint density at radius 2 is 2.13 bits per heavy atom. The van der Waals surface area contributed by atoms with Gasteiger partial charge in [-0.25, -0.2) is 8.42 Å². The van der Waals surface area contributed by atoms with Crippen LogP contribution in [0.1, 0.15) is 25.3 Å². The first-order valence-electron chi connectivity index (χ1n) is 4.95. The van der Waals surface area contributed by atoms with Crippen molar-refractivity contribution in [2.24, 2.45) is 0 Å². The number of aromatic nitrogens is 1. The fourth-order valence-corrected chi connectivity index (χ4v) is 2.42. The van der Waals surface area contributed by atoms with Gasteiger partial charge in [-0.15, -0.1) is 0 Å². The Bertz CT molecular complexity index is 415. The van der Waals surface area contributed by atoms with Crippen molar-refractivity contribution in [1.29, 1.82) is 0 Å². The van der Waals surface area contributed by atoms with Crippen LogP contribution in [0.15, 0.2) is 18.5 Å². The van der Waals surface area contributed by atoms with Gasteiger partial charge in [-0.2, -0.15) is 0 Å². The normalized spacial score (nSPS) is 11.3. The quantitative estimate of drug-likeness (QED) is 0.837. The number of sulfonamides is 1. The molecule has 0 saturated heterocycles. The van der Waals surface area contributed by atoms with Crippen LogP contribution in [0.3, 0.4) is 0 Å². The van der Waals surface area contributed by atoms with Crippen LogP contribution in [0, 0.1) is 6.92 Å². The number of nitrogens with one attached hydrogen (secondary N) is 1. The van der Waals surface area contributed by atoms with Crippen LogP contribution in [0.2, 0.25) is 0 Å². The summed E-state index contributed by atoms with van der Waals surface area (Å²) in [5, 5.41) is 0. The van der Waals surface area contributed by atoms with Gasteiger partial charge in [0.2, 0.25) is 10.0 Å². The summed E-state index contributed by atoms with van der Waals surface area (Å²) < 4.78 is 25.6. The highest BCUT2D eigenvalue weighted by Crippen LogP contribution is 2.10. The fourth-order valence-electron chi connectivity index (χ4n) is 1.18. The van der Waals surface area contributed by atoms with E-state index in [-0.39, 0.29) is 5.75 Å². The number of anilines is 1. The number of rotatable bonds is 5. The highest BCUT2D eigenvalue weighted by Gasteiger charge is 2.09. The van der Waals surface area contributed by atoms with Crippen molar-refractivity contribution < 1.29 is 8.42 Å². The Kier molecular flexibility index (Phi) is 4.08. The molecule has 0 aliphatic heterocycles. The first kappa shape index (κ1) is 12.0. The topological polar surface area (TPSA) is 59.1 Å². The number of pyridine rings is 1. The standard InChI is InChI=1S/C10H16N2O2S/c1-3-4-5-15(13,14)12-10-6-9(2)7-11-8-10/h6-8,12H,3-5H2,1-2H3. The largest absolute Gasteiger partial charge is 0.282 e. The fraction of sp³-hybridized carbons (Fsp3) is 0.500. The van der Waals surface area contributed by atoms with E-state index in [4.69, 9.17) is 0 Å². The summed E-state index contributed by atoms with van der Waals surface area (Å²) in [6.07, 6.45) is 4.74. The molecule has 0 bridgehead atoms. The smallest absolute Gasteiger partial charge is 0.232 e. The molecule has 5 heteroatoms. The maximum absolute atomic E-state index is 11.5. The molecule has 0 aliphatic rings. The lowest BCUT2D eigenvalue weighted by Crippen LogP contribution is -2.16. The van der Waals surface area contributed by atoms with Crippen molar-refractivity contribution in [3.63, 3.8) is 0 Å². The Balaban J connectivity index is 2.69. The summed E-state index contributed by atoms with van der Waals surface area (Å²) in [6.45, 7) is 3.83. The number of nitrogens with zero attached hydrogens (tertiary/aromatic N) is 1. The van der Waals surface area contributed by atoms with Crippen LogP contribution in [-0.4, -0.2) is 19.2 Å². The van der Waals surface area contributed by atoms with E-state index in [0.29, 0.717) is 12.1 Å². The zero-order valence-electron chi connectivity index (χ0n) is 9.03. The van der Waals surface area contributed by atoms with E-state index in [9.17, 15) is 8.42 Å². The molecule has 0 unspecified atom stereocenters. The van der Waals surface area contributed by atoms with E-state index in [1.54, 1.807) is 12.3 Å². The molecular formula is C10H16N2O2S. The molecule has 0 fully saturated rings. The van der Waals surface area contributed by atoms with Gasteiger partial charge in [0.15, 0.2) is 0 Å². The Morgan fingerprint density at radius 1 is 1.40 bits per heavy atom. The molecule has 15 heavy (non-hydrogen) atoms. The molecule has 1 N–H and O–H groups in total. The van der Waals surface area contributed by atoms with E-state index in [1.165, 1.54) is 6.20 Å². The number of unbranched alkanes of at least 4 members (excludes halogenated alkanes) is 1. The van der Waals surface area contributed by atoms with Gasteiger partial charge in [0.05, 0.1) is 17.6 Å². The lowest BCUT2D eigenvalue weighted by Gasteiger charge is -2.07. The minimum atomic E-state index is -3.20. The zero-order chi connectivity index (χ0) is 11.3. The highest BCUT2D eigenvalue weighted by molar-refractivity contribution is 7.92. The Morgan fingerprint density at radius 3 is 2.73 bits per heavy atom. The molecule has 0 amide bonds. The molecule has 0 saturated carbocycles. The molecule has 84 valence electrons. The van der Waals surface area contributed by atoms with Gasteiger partial charge in [-0.3, -0.25) is 9.71 Å². The summed E-state index contributed by atoms with van der Waals surface area (Å²) in [6, 6.07) is 1.76. The van der Waals surface area contributed by atoms with Gasteiger partial charge >= 0.3 is 0 Å². The molecule has 0 aliphatic carbocycles. The SMILES string of the molecule is CCCCS(=O)(=O)Nc1cncc(C)c1. The number of aryl methyl sites for hydroxylation is 1. The summed E-state index contributed by atoms with van der Waals surface area (Å²) in [4.78, 5) is 3.92. The summed E-state index contributed by atoms with van der Waals surface area (Å²) in [5.74, 6) is 0.164. The highest BCUT2D eigenvalue weighted by atomic mass is 32.2. The van der Waals surface area contributed by atoms with Crippen LogP contribution in [0.25, 0.3) is 0 Å². The molecule has 1 aromatic heterocycles. The van der Waals surface area contributed by atoms with Crippen molar-refractivity contribution in [3.8, 4) is 0 Å². The molecule has 1 heterocycles. The van der Waals surface area contributed by atoms with E-state index >= 15 is 0 Å². The van der Waals surface area contributed by atoms with Crippen molar-refractivity contribution in [3.05, 3.63) is 24.0 Å². The average molecular weight is 228 g/mol. The van der Waals surface area contributed by atoms with Crippen molar-refractivity contribution in [2.75, 3.05) is 10.5 Å². The first-order chi connectivity index (χ1) is 7.03. The predicted molar refractivity (Wildman–Crippen MR) is 61.3 cm³/mol. The van der Waals surface area contributed by atoms with Gasteiger partial charge in [-0.05, 0) is 25.0 Å². The second-order valence-corrected chi connectivity index (χ2v) is 5.37. The first-order valence-corrected chi connectivity index (χ1v) is 6.61. The van der Waals surface area contributed by atoms with Crippen LogP contribution >= 0.6 is 0 Å². The summed E-state index contributed by atoms with van der Waals surface area (Å²) in [7, 11) is -3.20. The summed E-state index contributed by atoms with van der Waals surface area (Å²) in [5.41, 5.74) is 1.47. The second-order valence-electron chi connectivity index (χ2n) is 3.53. The lowest BCUT2D eigenvalue weighted by atomic mass is 10.3. The predicted octanol–water partition coefficient (Wildman–Crippen LogP) is 1.93. The van der Waals surface area contributed by atoms with Gasteiger partial charge in [-0.1, -0.05) is 13.3 Å². The zero-order valence-corrected chi connectivity index (χ0v) is 9.84. The molecule has 0 radical (unpaired) electrons. The molecule has 4 nitrogen and oxygen atoms in total. The third kappa shape index (κ3) is 4.29. The van der Waals surface area contributed by atoms with E-state index in [2.05, 4.69) is 9.71 Å². The molecule has 0 atom stereocenters.